The zero-order valence-corrected chi connectivity index (χ0v) is 14.3. The first-order chi connectivity index (χ1) is 11.7. The molecule has 0 fully saturated rings. The Morgan fingerprint density at radius 2 is 1.58 bits per heavy atom. The number of hydrogen-bond acceptors (Lipinski definition) is 5. The van der Waals surface area contributed by atoms with Crippen molar-refractivity contribution in [3.63, 3.8) is 0 Å². The fourth-order valence-electron chi connectivity index (χ4n) is 2.53. The van der Waals surface area contributed by atoms with Gasteiger partial charge in [-0.25, -0.2) is 9.59 Å². The molecule has 0 aliphatic heterocycles. The lowest BCUT2D eigenvalue weighted by molar-refractivity contribution is 0.0497. The molecule has 2 rings (SSSR count). The molecule has 0 radical (unpaired) electrons. The average Bonchev–Trinajstić information content (AvgIpc) is 2.72. The zero-order valence-electron chi connectivity index (χ0n) is 14.3. The lowest BCUT2D eigenvalue weighted by atomic mass is 10.1. The molecule has 0 spiro atoms. The molecule has 5 heteroatoms. The molecule has 0 heterocycles. The van der Waals surface area contributed by atoms with Crippen molar-refractivity contribution in [2.75, 3.05) is 20.3 Å². The van der Waals surface area contributed by atoms with E-state index in [-0.39, 0.29) is 16.9 Å². The molecule has 128 valence electrons. The number of hydrogen-bond donors (Lipinski definition) is 0. The summed E-state index contributed by atoms with van der Waals surface area (Å²) in [7, 11) is 1.30. The average molecular weight is 330 g/mol. The maximum absolute atomic E-state index is 12.6. The number of carbonyl (C=O) groups excluding carboxylic acids is 2. The summed E-state index contributed by atoms with van der Waals surface area (Å²) in [5.41, 5.74) is 1.76. The minimum atomic E-state index is -0.540. The summed E-state index contributed by atoms with van der Waals surface area (Å²) in [6.07, 6.45) is 1.71. The van der Waals surface area contributed by atoms with Gasteiger partial charge in [0, 0.05) is 11.1 Å². The van der Waals surface area contributed by atoms with E-state index in [1.54, 1.807) is 25.1 Å². The summed E-state index contributed by atoms with van der Waals surface area (Å²) < 4.78 is 15.9. The first-order valence-electron chi connectivity index (χ1n) is 8.08. The van der Waals surface area contributed by atoms with Gasteiger partial charge in [0.2, 0.25) is 0 Å². The lowest BCUT2D eigenvalue weighted by Gasteiger charge is -2.08. The number of esters is 2. The molecular weight excluding hydrogens is 308 g/mol. The molecule has 0 N–H and O–H groups in total. The largest absolute Gasteiger partial charge is 0.492 e. The van der Waals surface area contributed by atoms with Crippen molar-refractivity contribution in [2.45, 2.75) is 26.7 Å². The molecule has 24 heavy (non-hydrogen) atoms. The Morgan fingerprint density at radius 1 is 0.958 bits per heavy atom. The molecule has 0 unspecified atom stereocenters. The quantitative estimate of drug-likeness (QED) is 0.568. The van der Waals surface area contributed by atoms with Crippen molar-refractivity contribution < 1.29 is 23.8 Å². The van der Waals surface area contributed by atoms with E-state index >= 15 is 0 Å². The molecule has 0 saturated heterocycles. The van der Waals surface area contributed by atoms with Crippen LogP contribution in [0, 0.1) is 0 Å². The summed E-state index contributed by atoms with van der Waals surface area (Å²) in [5, 5.41) is 0. The van der Waals surface area contributed by atoms with Crippen LogP contribution in [0.3, 0.4) is 0 Å². The standard InChI is InChI=1S/C19H22O5/c1-4-6-12-24-19(21)16-14-11-9-7-8-10-13(14)15(18(20)22-3)17(16)23-5-2/h7-11H,4-6,12H2,1-3H3. The van der Waals surface area contributed by atoms with Crippen molar-refractivity contribution >= 4 is 11.9 Å². The van der Waals surface area contributed by atoms with Crippen LogP contribution in [0.1, 0.15) is 47.4 Å². The SMILES string of the molecule is CCCCOC(=O)c1c2cccccc-2c(C(=O)OC)c1OCC. The number of methoxy groups -OCH3 is 1. The first-order valence-corrected chi connectivity index (χ1v) is 8.08. The van der Waals surface area contributed by atoms with Crippen LogP contribution in [-0.2, 0) is 9.47 Å². The molecule has 0 aromatic carbocycles. The topological polar surface area (TPSA) is 61.8 Å². The summed E-state index contributed by atoms with van der Waals surface area (Å²) in [6, 6.07) is 8.99. The highest BCUT2D eigenvalue weighted by atomic mass is 16.5. The zero-order chi connectivity index (χ0) is 17.5. The van der Waals surface area contributed by atoms with Crippen LogP contribution in [0.4, 0.5) is 0 Å². The van der Waals surface area contributed by atoms with E-state index in [0.717, 1.165) is 12.8 Å². The lowest BCUT2D eigenvalue weighted by Crippen LogP contribution is -2.09. The summed E-state index contributed by atoms with van der Waals surface area (Å²) >= 11 is 0. The van der Waals surface area contributed by atoms with Gasteiger partial charge in [0.25, 0.3) is 0 Å². The molecule has 5 nitrogen and oxygen atoms in total. The van der Waals surface area contributed by atoms with Crippen LogP contribution in [-0.4, -0.2) is 32.3 Å². The van der Waals surface area contributed by atoms with E-state index in [2.05, 4.69) is 0 Å². The van der Waals surface area contributed by atoms with Gasteiger partial charge in [-0.1, -0.05) is 43.7 Å². The Morgan fingerprint density at radius 3 is 2.12 bits per heavy atom. The van der Waals surface area contributed by atoms with Gasteiger partial charge in [-0.3, -0.25) is 0 Å². The fourth-order valence-corrected chi connectivity index (χ4v) is 2.53. The van der Waals surface area contributed by atoms with Crippen molar-refractivity contribution in [1.82, 2.24) is 0 Å². The molecule has 2 aliphatic carbocycles. The number of carbonyl (C=O) groups is 2. The molecule has 0 bridgehead atoms. The Bertz CT molecular complexity index is 692. The Hall–Kier alpha value is -2.56. The predicted molar refractivity (Wildman–Crippen MR) is 90.8 cm³/mol. The monoisotopic (exact) mass is 330 g/mol. The van der Waals surface area contributed by atoms with E-state index in [0.29, 0.717) is 24.3 Å². The van der Waals surface area contributed by atoms with Gasteiger partial charge >= 0.3 is 11.9 Å². The van der Waals surface area contributed by atoms with Crippen LogP contribution in [0.15, 0.2) is 30.3 Å². The maximum Gasteiger partial charge on any atom is 0.342 e. The highest BCUT2D eigenvalue weighted by Crippen LogP contribution is 2.42. The normalized spacial score (nSPS) is 10.5. The third-order valence-corrected chi connectivity index (χ3v) is 3.64. The second-order valence-electron chi connectivity index (χ2n) is 5.23. The van der Waals surface area contributed by atoms with Gasteiger partial charge in [-0.05, 0) is 13.3 Å². The van der Waals surface area contributed by atoms with Crippen LogP contribution in [0.25, 0.3) is 11.1 Å². The Labute approximate surface area is 141 Å². The fraction of sp³-hybridized carbons (Fsp3) is 0.368. The van der Waals surface area contributed by atoms with Crippen LogP contribution < -0.4 is 4.74 Å². The minimum Gasteiger partial charge on any atom is -0.492 e. The van der Waals surface area contributed by atoms with Crippen molar-refractivity contribution in [3.05, 3.63) is 41.5 Å². The van der Waals surface area contributed by atoms with Crippen molar-refractivity contribution in [1.29, 1.82) is 0 Å². The molecule has 0 aromatic heterocycles. The van der Waals surface area contributed by atoms with Gasteiger partial charge in [-0.2, -0.15) is 0 Å². The van der Waals surface area contributed by atoms with Gasteiger partial charge in [0.05, 0.1) is 20.3 Å². The third-order valence-electron chi connectivity index (χ3n) is 3.64. The van der Waals surface area contributed by atoms with Crippen LogP contribution in [0.5, 0.6) is 5.75 Å². The first kappa shape index (κ1) is 17.8. The van der Waals surface area contributed by atoms with E-state index in [9.17, 15) is 9.59 Å². The highest BCUT2D eigenvalue weighted by Gasteiger charge is 2.33. The van der Waals surface area contributed by atoms with E-state index < -0.39 is 11.9 Å². The number of rotatable bonds is 7. The number of fused-ring (bicyclic) bond motifs is 1. The minimum absolute atomic E-state index is 0.229. The molecule has 2 aliphatic rings. The van der Waals surface area contributed by atoms with E-state index in [1.165, 1.54) is 7.11 Å². The Kier molecular flexibility index (Phi) is 6.18. The van der Waals surface area contributed by atoms with Gasteiger partial charge in [0.15, 0.2) is 0 Å². The van der Waals surface area contributed by atoms with Gasteiger partial charge in [-0.15, -0.1) is 0 Å². The summed E-state index contributed by atoms with van der Waals surface area (Å²) in [4.78, 5) is 24.9. The van der Waals surface area contributed by atoms with Crippen molar-refractivity contribution in [2.24, 2.45) is 0 Å². The van der Waals surface area contributed by atoms with E-state index in [1.807, 2.05) is 19.1 Å². The molecule has 0 atom stereocenters. The number of unbranched alkanes of at least 4 members (excludes halogenated alkanes) is 1. The second kappa shape index (κ2) is 8.34. The van der Waals surface area contributed by atoms with Gasteiger partial charge in [0.1, 0.15) is 16.9 Å². The molecular formula is C19H22O5. The maximum atomic E-state index is 12.6. The number of ether oxygens (including phenoxy) is 3. The molecule has 0 amide bonds. The van der Waals surface area contributed by atoms with E-state index in [4.69, 9.17) is 14.2 Å². The highest BCUT2D eigenvalue weighted by molar-refractivity contribution is 6.12. The predicted octanol–water partition coefficient (Wildman–Crippen LogP) is 3.93. The third kappa shape index (κ3) is 3.50. The Balaban J connectivity index is 2.62. The van der Waals surface area contributed by atoms with Crippen molar-refractivity contribution in [3.8, 4) is 16.9 Å². The molecule has 0 saturated carbocycles. The smallest absolute Gasteiger partial charge is 0.342 e. The molecule has 0 aromatic rings. The summed E-state index contributed by atoms with van der Waals surface area (Å²) in [5.74, 6) is -0.799. The van der Waals surface area contributed by atoms with Crippen LogP contribution in [0.2, 0.25) is 0 Å². The second-order valence-corrected chi connectivity index (χ2v) is 5.23. The van der Waals surface area contributed by atoms with Gasteiger partial charge < -0.3 is 14.2 Å². The van der Waals surface area contributed by atoms with Crippen LogP contribution >= 0.6 is 0 Å². The summed E-state index contributed by atoms with van der Waals surface area (Å²) in [6.45, 7) is 4.47.